The van der Waals surface area contributed by atoms with Gasteiger partial charge in [0.1, 0.15) is 0 Å². The SMILES string of the molecule is CCC(CO)c1c(C)sc2ccccc12. The zero-order valence-electron chi connectivity index (χ0n) is 9.16. The first-order valence-corrected chi connectivity index (χ1v) is 6.18. The van der Waals surface area contributed by atoms with E-state index in [9.17, 15) is 5.11 Å². The number of hydrogen-bond donors (Lipinski definition) is 1. The molecule has 1 atom stereocenters. The minimum atomic E-state index is 0.248. The van der Waals surface area contributed by atoms with E-state index in [1.54, 1.807) is 0 Å². The molecule has 0 aliphatic rings. The molecule has 2 aromatic rings. The van der Waals surface area contributed by atoms with E-state index in [4.69, 9.17) is 0 Å². The maximum Gasteiger partial charge on any atom is 0.0500 e. The number of thiophene rings is 1. The van der Waals surface area contributed by atoms with Crippen LogP contribution in [0.5, 0.6) is 0 Å². The number of rotatable bonds is 3. The number of hydrogen-bond acceptors (Lipinski definition) is 2. The van der Waals surface area contributed by atoms with Crippen molar-refractivity contribution in [1.29, 1.82) is 0 Å². The van der Waals surface area contributed by atoms with Crippen LogP contribution in [0.25, 0.3) is 10.1 Å². The van der Waals surface area contributed by atoms with Crippen LogP contribution in [0, 0.1) is 6.92 Å². The Bertz CT molecular complexity index is 455. The van der Waals surface area contributed by atoms with Crippen LogP contribution in [-0.2, 0) is 0 Å². The van der Waals surface area contributed by atoms with E-state index in [1.165, 1.54) is 20.5 Å². The highest BCUT2D eigenvalue weighted by atomic mass is 32.1. The molecule has 1 aromatic heterocycles. The highest BCUT2D eigenvalue weighted by Crippen LogP contribution is 2.36. The molecule has 1 heterocycles. The molecule has 2 heteroatoms. The van der Waals surface area contributed by atoms with Gasteiger partial charge in [0.25, 0.3) is 0 Å². The Morgan fingerprint density at radius 2 is 2.07 bits per heavy atom. The minimum absolute atomic E-state index is 0.248. The van der Waals surface area contributed by atoms with Crippen molar-refractivity contribution in [1.82, 2.24) is 0 Å². The second-order valence-corrected chi connectivity index (χ2v) is 5.11. The molecule has 2 rings (SSSR count). The number of aryl methyl sites for hydroxylation is 1. The summed E-state index contributed by atoms with van der Waals surface area (Å²) in [5.41, 5.74) is 1.35. The summed E-state index contributed by atoms with van der Waals surface area (Å²) in [4.78, 5) is 1.34. The highest BCUT2D eigenvalue weighted by molar-refractivity contribution is 7.19. The third-order valence-corrected chi connectivity index (χ3v) is 4.04. The summed E-state index contributed by atoms with van der Waals surface area (Å²) in [6.45, 7) is 4.53. The molecule has 0 amide bonds. The molecule has 0 aliphatic heterocycles. The van der Waals surface area contributed by atoms with Crippen molar-refractivity contribution in [3.63, 3.8) is 0 Å². The van der Waals surface area contributed by atoms with Crippen LogP contribution in [0.1, 0.15) is 29.7 Å². The van der Waals surface area contributed by atoms with E-state index in [2.05, 4.69) is 38.1 Å². The number of aliphatic hydroxyl groups is 1. The quantitative estimate of drug-likeness (QED) is 0.836. The maximum atomic E-state index is 9.39. The zero-order chi connectivity index (χ0) is 10.8. The molecule has 0 aliphatic carbocycles. The van der Waals surface area contributed by atoms with Crippen LogP contribution < -0.4 is 0 Å². The normalized spacial score (nSPS) is 13.3. The molecule has 0 bridgehead atoms. The van der Waals surface area contributed by atoms with E-state index in [-0.39, 0.29) is 6.61 Å². The van der Waals surface area contributed by atoms with Gasteiger partial charge in [-0.25, -0.2) is 0 Å². The Labute approximate surface area is 94.4 Å². The first kappa shape index (κ1) is 10.7. The first-order chi connectivity index (χ1) is 7.27. The number of fused-ring (bicyclic) bond motifs is 1. The van der Waals surface area contributed by atoms with Crippen molar-refractivity contribution in [3.8, 4) is 0 Å². The van der Waals surface area contributed by atoms with Gasteiger partial charge in [0.15, 0.2) is 0 Å². The van der Waals surface area contributed by atoms with E-state index in [0.29, 0.717) is 5.92 Å². The van der Waals surface area contributed by atoms with Crippen molar-refractivity contribution in [2.24, 2.45) is 0 Å². The lowest BCUT2D eigenvalue weighted by molar-refractivity contribution is 0.263. The lowest BCUT2D eigenvalue weighted by Crippen LogP contribution is -2.02. The molecule has 1 nitrogen and oxygen atoms in total. The van der Waals surface area contributed by atoms with Gasteiger partial charge in [-0.3, -0.25) is 0 Å². The van der Waals surface area contributed by atoms with Gasteiger partial charge in [0, 0.05) is 22.1 Å². The summed E-state index contributed by atoms with van der Waals surface area (Å²) in [5, 5.41) is 10.7. The summed E-state index contributed by atoms with van der Waals surface area (Å²) in [7, 11) is 0. The van der Waals surface area contributed by atoms with Crippen LogP contribution in [0.3, 0.4) is 0 Å². The van der Waals surface area contributed by atoms with E-state index >= 15 is 0 Å². The molecule has 0 fully saturated rings. The lowest BCUT2D eigenvalue weighted by Gasteiger charge is -2.12. The van der Waals surface area contributed by atoms with Crippen LogP contribution in [0.15, 0.2) is 24.3 Å². The third kappa shape index (κ3) is 1.80. The molecular weight excluding hydrogens is 204 g/mol. The summed E-state index contributed by atoms with van der Waals surface area (Å²) >= 11 is 1.83. The number of benzene rings is 1. The zero-order valence-corrected chi connectivity index (χ0v) is 9.97. The van der Waals surface area contributed by atoms with Crippen LogP contribution in [0.2, 0.25) is 0 Å². The summed E-state index contributed by atoms with van der Waals surface area (Å²) in [5.74, 6) is 0.293. The van der Waals surface area contributed by atoms with Gasteiger partial charge in [-0.2, -0.15) is 0 Å². The van der Waals surface area contributed by atoms with Gasteiger partial charge >= 0.3 is 0 Å². The Morgan fingerprint density at radius 1 is 1.33 bits per heavy atom. The van der Waals surface area contributed by atoms with Gasteiger partial charge in [-0.15, -0.1) is 11.3 Å². The molecular formula is C13H16OS. The van der Waals surface area contributed by atoms with Crippen molar-refractivity contribution in [3.05, 3.63) is 34.7 Å². The molecule has 15 heavy (non-hydrogen) atoms. The van der Waals surface area contributed by atoms with Crippen molar-refractivity contribution in [2.75, 3.05) is 6.61 Å². The first-order valence-electron chi connectivity index (χ1n) is 5.36. The van der Waals surface area contributed by atoms with Gasteiger partial charge in [-0.05, 0) is 30.4 Å². The van der Waals surface area contributed by atoms with E-state index in [0.717, 1.165) is 6.42 Å². The standard InChI is InChI=1S/C13H16OS/c1-3-10(8-14)13-9(2)15-12-7-5-4-6-11(12)13/h4-7,10,14H,3,8H2,1-2H3. The molecule has 0 saturated heterocycles. The Hall–Kier alpha value is -0.860. The number of aliphatic hydroxyl groups excluding tert-OH is 1. The monoisotopic (exact) mass is 220 g/mol. The highest BCUT2D eigenvalue weighted by Gasteiger charge is 2.16. The predicted octanol–water partition coefficient (Wildman–Crippen LogP) is 3.70. The average Bonchev–Trinajstić information content (AvgIpc) is 2.58. The fourth-order valence-corrected chi connectivity index (χ4v) is 3.27. The summed E-state index contributed by atoms with van der Waals surface area (Å²) in [6, 6.07) is 8.46. The van der Waals surface area contributed by atoms with Crippen molar-refractivity contribution < 1.29 is 5.11 Å². The molecule has 0 saturated carbocycles. The second-order valence-electron chi connectivity index (χ2n) is 3.86. The van der Waals surface area contributed by atoms with Crippen LogP contribution in [-0.4, -0.2) is 11.7 Å². The fourth-order valence-electron chi connectivity index (χ4n) is 2.12. The topological polar surface area (TPSA) is 20.2 Å². The van der Waals surface area contributed by atoms with Crippen LogP contribution in [0.4, 0.5) is 0 Å². The predicted molar refractivity (Wildman–Crippen MR) is 66.7 cm³/mol. The molecule has 1 N–H and O–H groups in total. The largest absolute Gasteiger partial charge is 0.396 e. The van der Waals surface area contributed by atoms with Gasteiger partial charge in [-0.1, -0.05) is 25.1 Å². The third-order valence-electron chi connectivity index (χ3n) is 2.94. The molecule has 80 valence electrons. The molecule has 1 aromatic carbocycles. The average molecular weight is 220 g/mol. The maximum absolute atomic E-state index is 9.39. The Kier molecular flexibility index (Phi) is 3.08. The summed E-state index contributed by atoms with van der Waals surface area (Å²) < 4.78 is 1.33. The Balaban J connectivity index is 2.62. The van der Waals surface area contributed by atoms with Gasteiger partial charge < -0.3 is 5.11 Å². The molecule has 1 unspecified atom stereocenters. The fraction of sp³-hybridized carbons (Fsp3) is 0.385. The van der Waals surface area contributed by atoms with Crippen LogP contribution >= 0.6 is 11.3 Å². The van der Waals surface area contributed by atoms with E-state index in [1.807, 2.05) is 11.3 Å². The lowest BCUT2D eigenvalue weighted by atomic mass is 9.95. The van der Waals surface area contributed by atoms with Gasteiger partial charge in [0.05, 0.1) is 0 Å². The van der Waals surface area contributed by atoms with Gasteiger partial charge in [0.2, 0.25) is 0 Å². The summed E-state index contributed by atoms with van der Waals surface area (Å²) in [6.07, 6.45) is 0.998. The molecule has 0 radical (unpaired) electrons. The van der Waals surface area contributed by atoms with E-state index < -0.39 is 0 Å². The minimum Gasteiger partial charge on any atom is -0.396 e. The smallest absolute Gasteiger partial charge is 0.0500 e. The van der Waals surface area contributed by atoms with Crippen molar-refractivity contribution in [2.45, 2.75) is 26.2 Å². The molecule has 0 spiro atoms. The Morgan fingerprint density at radius 3 is 2.73 bits per heavy atom. The van der Waals surface area contributed by atoms with Crippen molar-refractivity contribution >= 4 is 21.4 Å². The second kappa shape index (κ2) is 4.33.